The standard InChI is InChI=1S/C13H17ClF3NO2S/c1-19-6-5-18-9-10-11(14)3-2-4-12(10)20-7-8-21-13(15,16)17/h2-4,18H,5-9H2,1H3. The highest BCUT2D eigenvalue weighted by atomic mass is 35.5. The van der Waals surface area contributed by atoms with Gasteiger partial charge in [0, 0.05) is 36.5 Å². The Morgan fingerprint density at radius 3 is 2.71 bits per heavy atom. The van der Waals surface area contributed by atoms with Crippen LogP contribution in [0.1, 0.15) is 5.56 Å². The second-order valence-electron chi connectivity index (χ2n) is 4.03. The van der Waals surface area contributed by atoms with E-state index in [0.29, 0.717) is 30.5 Å². The van der Waals surface area contributed by atoms with Crippen LogP contribution < -0.4 is 10.1 Å². The molecular formula is C13H17ClF3NO2S. The van der Waals surface area contributed by atoms with Gasteiger partial charge in [0.25, 0.3) is 0 Å². The smallest absolute Gasteiger partial charge is 0.441 e. The summed E-state index contributed by atoms with van der Waals surface area (Å²) in [5.74, 6) is 0.335. The lowest BCUT2D eigenvalue weighted by molar-refractivity contribution is -0.0329. The molecule has 21 heavy (non-hydrogen) atoms. The summed E-state index contributed by atoms with van der Waals surface area (Å²) in [6.45, 7) is 1.63. The Morgan fingerprint density at radius 2 is 2.05 bits per heavy atom. The molecule has 0 aliphatic rings. The van der Waals surface area contributed by atoms with Crippen molar-refractivity contribution in [3.05, 3.63) is 28.8 Å². The number of alkyl halides is 3. The van der Waals surface area contributed by atoms with Gasteiger partial charge in [0.1, 0.15) is 5.75 Å². The van der Waals surface area contributed by atoms with Crippen LogP contribution in [0, 0.1) is 0 Å². The molecule has 0 radical (unpaired) electrons. The first-order chi connectivity index (χ1) is 9.94. The van der Waals surface area contributed by atoms with Gasteiger partial charge in [-0.2, -0.15) is 13.2 Å². The van der Waals surface area contributed by atoms with Crippen molar-refractivity contribution in [2.45, 2.75) is 12.1 Å². The van der Waals surface area contributed by atoms with Gasteiger partial charge in [-0.15, -0.1) is 0 Å². The van der Waals surface area contributed by atoms with E-state index in [1.54, 1.807) is 25.3 Å². The maximum Gasteiger partial charge on any atom is 0.441 e. The molecule has 1 N–H and O–H groups in total. The van der Waals surface area contributed by atoms with Crippen LogP contribution in [0.15, 0.2) is 18.2 Å². The summed E-state index contributed by atoms with van der Waals surface area (Å²) in [6, 6.07) is 5.11. The predicted octanol–water partition coefficient (Wildman–Crippen LogP) is 3.71. The maximum absolute atomic E-state index is 12.0. The van der Waals surface area contributed by atoms with Gasteiger partial charge in [-0.3, -0.25) is 0 Å². The van der Waals surface area contributed by atoms with E-state index in [0.717, 1.165) is 5.56 Å². The van der Waals surface area contributed by atoms with Crippen molar-refractivity contribution in [3.8, 4) is 5.75 Å². The lowest BCUT2D eigenvalue weighted by atomic mass is 10.2. The van der Waals surface area contributed by atoms with Crippen LogP contribution in [-0.2, 0) is 11.3 Å². The van der Waals surface area contributed by atoms with E-state index in [-0.39, 0.29) is 24.1 Å². The van der Waals surface area contributed by atoms with Crippen molar-refractivity contribution in [2.24, 2.45) is 0 Å². The number of hydrogen-bond donors (Lipinski definition) is 1. The van der Waals surface area contributed by atoms with Gasteiger partial charge < -0.3 is 14.8 Å². The topological polar surface area (TPSA) is 30.5 Å². The van der Waals surface area contributed by atoms with Gasteiger partial charge in [0.05, 0.1) is 13.2 Å². The van der Waals surface area contributed by atoms with E-state index in [4.69, 9.17) is 21.1 Å². The molecule has 0 fully saturated rings. The van der Waals surface area contributed by atoms with Crippen LogP contribution in [0.25, 0.3) is 0 Å². The molecular weight excluding hydrogens is 327 g/mol. The predicted molar refractivity (Wildman–Crippen MR) is 79.0 cm³/mol. The number of thioether (sulfide) groups is 1. The van der Waals surface area contributed by atoms with Crippen molar-refractivity contribution >= 4 is 23.4 Å². The first-order valence-electron chi connectivity index (χ1n) is 6.24. The molecule has 0 bridgehead atoms. The number of rotatable bonds is 9. The third-order valence-electron chi connectivity index (χ3n) is 2.47. The maximum atomic E-state index is 12.0. The zero-order valence-corrected chi connectivity index (χ0v) is 13.1. The second kappa shape index (κ2) is 9.40. The molecule has 1 aromatic carbocycles. The number of benzene rings is 1. The van der Waals surface area contributed by atoms with Gasteiger partial charge in [-0.25, -0.2) is 0 Å². The third kappa shape index (κ3) is 7.80. The minimum atomic E-state index is -4.23. The Morgan fingerprint density at radius 1 is 1.29 bits per heavy atom. The Labute approximate surface area is 131 Å². The fraction of sp³-hybridized carbons (Fsp3) is 0.538. The van der Waals surface area contributed by atoms with Crippen LogP contribution in [0.5, 0.6) is 5.75 Å². The minimum Gasteiger partial charge on any atom is -0.492 e. The Hall–Kier alpha value is -0.630. The Kier molecular flexibility index (Phi) is 8.24. The van der Waals surface area contributed by atoms with Crippen LogP contribution in [0.4, 0.5) is 13.2 Å². The highest BCUT2D eigenvalue weighted by Gasteiger charge is 2.27. The highest BCUT2D eigenvalue weighted by molar-refractivity contribution is 8.00. The first-order valence-corrected chi connectivity index (χ1v) is 7.61. The number of halogens is 4. The summed E-state index contributed by atoms with van der Waals surface area (Å²) in [5, 5.41) is 3.64. The van der Waals surface area contributed by atoms with E-state index in [1.807, 2.05) is 0 Å². The van der Waals surface area contributed by atoms with Gasteiger partial charge >= 0.3 is 5.51 Å². The summed E-state index contributed by atoms with van der Waals surface area (Å²) >= 11 is 5.99. The molecule has 0 heterocycles. The number of ether oxygens (including phenoxy) is 2. The minimum absolute atomic E-state index is 0.0322. The van der Waals surface area contributed by atoms with Crippen LogP contribution in [0.2, 0.25) is 5.02 Å². The fourth-order valence-electron chi connectivity index (χ4n) is 1.54. The molecule has 0 aliphatic heterocycles. The molecule has 0 unspecified atom stereocenters. The van der Waals surface area contributed by atoms with E-state index in [9.17, 15) is 13.2 Å². The first kappa shape index (κ1) is 18.4. The monoisotopic (exact) mass is 343 g/mol. The zero-order chi connectivity index (χ0) is 15.7. The largest absolute Gasteiger partial charge is 0.492 e. The highest BCUT2D eigenvalue weighted by Crippen LogP contribution is 2.30. The van der Waals surface area contributed by atoms with Crippen molar-refractivity contribution in [3.63, 3.8) is 0 Å². The zero-order valence-electron chi connectivity index (χ0n) is 11.5. The molecule has 0 aliphatic carbocycles. The van der Waals surface area contributed by atoms with Gasteiger partial charge in [-0.05, 0) is 23.9 Å². The molecule has 0 saturated heterocycles. The normalized spacial score (nSPS) is 11.7. The molecule has 0 aromatic heterocycles. The molecule has 1 rings (SSSR count). The molecule has 0 atom stereocenters. The van der Waals surface area contributed by atoms with Crippen LogP contribution in [-0.4, -0.2) is 38.1 Å². The van der Waals surface area contributed by atoms with Gasteiger partial charge in [0.15, 0.2) is 0 Å². The lowest BCUT2D eigenvalue weighted by Crippen LogP contribution is -2.19. The average molecular weight is 344 g/mol. The van der Waals surface area contributed by atoms with E-state index in [2.05, 4.69) is 5.32 Å². The van der Waals surface area contributed by atoms with Crippen molar-refractivity contribution in [1.82, 2.24) is 5.32 Å². The fourth-order valence-corrected chi connectivity index (χ4v) is 2.17. The van der Waals surface area contributed by atoms with E-state index < -0.39 is 5.51 Å². The molecule has 0 saturated carbocycles. The molecule has 1 aromatic rings. The van der Waals surface area contributed by atoms with Crippen molar-refractivity contribution in [1.29, 1.82) is 0 Å². The van der Waals surface area contributed by atoms with Crippen LogP contribution in [0.3, 0.4) is 0 Å². The van der Waals surface area contributed by atoms with E-state index >= 15 is 0 Å². The molecule has 8 heteroatoms. The quantitative estimate of drug-likeness (QED) is 0.692. The number of nitrogens with one attached hydrogen (secondary N) is 1. The number of hydrogen-bond acceptors (Lipinski definition) is 4. The lowest BCUT2D eigenvalue weighted by Gasteiger charge is -2.14. The Bertz CT molecular complexity index is 432. The van der Waals surface area contributed by atoms with Crippen LogP contribution >= 0.6 is 23.4 Å². The summed E-state index contributed by atoms with van der Waals surface area (Å²) < 4.78 is 46.4. The molecule has 0 spiro atoms. The Balaban J connectivity index is 2.50. The summed E-state index contributed by atoms with van der Waals surface area (Å²) in [4.78, 5) is 0. The number of methoxy groups -OCH3 is 1. The van der Waals surface area contributed by atoms with Gasteiger partial charge in [-0.1, -0.05) is 17.7 Å². The summed E-state index contributed by atoms with van der Waals surface area (Å²) in [6.07, 6.45) is 0. The van der Waals surface area contributed by atoms with Crippen molar-refractivity contribution < 1.29 is 22.6 Å². The van der Waals surface area contributed by atoms with Crippen molar-refractivity contribution in [2.75, 3.05) is 32.6 Å². The average Bonchev–Trinajstić information content (AvgIpc) is 2.41. The molecule has 0 amide bonds. The molecule has 3 nitrogen and oxygen atoms in total. The van der Waals surface area contributed by atoms with Gasteiger partial charge in [0.2, 0.25) is 0 Å². The second-order valence-corrected chi connectivity index (χ2v) is 5.60. The SMILES string of the molecule is COCCNCc1c(Cl)cccc1OCCSC(F)(F)F. The summed E-state index contributed by atoms with van der Waals surface area (Å²) in [5.41, 5.74) is -3.50. The van der Waals surface area contributed by atoms with E-state index in [1.165, 1.54) is 0 Å². The summed E-state index contributed by atoms with van der Waals surface area (Å²) in [7, 11) is 1.60. The third-order valence-corrected chi connectivity index (χ3v) is 3.52. The molecule has 120 valence electrons.